The molecule has 3 rings (SSSR count). The van der Waals surface area contributed by atoms with E-state index in [0.717, 1.165) is 16.9 Å². The third kappa shape index (κ3) is 3.21. The van der Waals surface area contributed by atoms with Gasteiger partial charge in [-0.15, -0.1) is 0 Å². The molecule has 2 aromatic heterocycles. The molecular weight excluding hydrogens is 295 g/mol. The average Bonchev–Trinajstić information content (AvgIpc) is 2.98. The zero-order chi connectivity index (χ0) is 16.2. The van der Waals surface area contributed by atoms with E-state index >= 15 is 0 Å². The summed E-state index contributed by atoms with van der Waals surface area (Å²) in [6.07, 6.45) is 3.51. The highest BCUT2D eigenvalue weighted by molar-refractivity contribution is 5.44. The van der Waals surface area contributed by atoms with Crippen molar-refractivity contribution in [3.05, 3.63) is 70.9 Å². The Morgan fingerprint density at radius 2 is 2.13 bits per heavy atom. The van der Waals surface area contributed by atoms with Gasteiger partial charge in [-0.3, -0.25) is 0 Å². The van der Waals surface area contributed by atoms with E-state index in [1.54, 1.807) is 36.7 Å². The van der Waals surface area contributed by atoms with Crippen LogP contribution in [0.4, 0.5) is 4.39 Å². The van der Waals surface area contributed by atoms with Crippen LogP contribution in [0, 0.1) is 17.1 Å². The van der Waals surface area contributed by atoms with Crippen LogP contribution in [-0.4, -0.2) is 14.5 Å². The van der Waals surface area contributed by atoms with Crippen molar-refractivity contribution in [2.45, 2.75) is 19.7 Å². The average molecular weight is 310 g/mol. The molecule has 2 N–H and O–H groups in total. The van der Waals surface area contributed by atoms with E-state index in [-0.39, 0.29) is 12.2 Å². The minimum Gasteiger partial charge on any atom is -0.392 e. The third-order valence-corrected chi connectivity index (χ3v) is 3.63. The van der Waals surface area contributed by atoms with Crippen LogP contribution in [0.2, 0.25) is 0 Å². The highest BCUT2D eigenvalue weighted by Crippen LogP contribution is 2.12. The summed E-state index contributed by atoms with van der Waals surface area (Å²) in [5, 5.41) is 21.3. The number of aromatic nitrogens is 2. The Morgan fingerprint density at radius 3 is 2.91 bits per heavy atom. The van der Waals surface area contributed by atoms with Gasteiger partial charge < -0.3 is 14.8 Å². The maximum atomic E-state index is 13.3. The van der Waals surface area contributed by atoms with Crippen LogP contribution >= 0.6 is 0 Å². The molecule has 23 heavy (non-hydrogen) atoms. The Hall–Kier alpha value is -2.75. The lowest BCUT2D eigenvalue weighted by molar-refractivity contribution is 0.275. The molecule has 0 saturated heterocycles. The summed E-state index contributed by atoms with van der Waals surface area (Å²) in [4.78, 5) is 4.29. The summed E-state index contributed by atoms with van der Waals surface area (Å²) >= 11 is 0. The van der Waals surface area contributed by atoms with E-state index in [9.17, 15) is 4.39 Å². The number of hydrogen-bond donors (Lipinski definition) is 2. The van der Waals surface area contributed by atoms with Crippen molar-refractivity contribution in [1.29, 1.82) is 5.26 Å². The van der Waals surface area contributed by atoms with Gasteiger partial charge in [-0.05, 0) is 29.8 Å². The second kappa shape index (κ2) is 6.57. The zero-order valence-electron chi connectivity index (χ0n) is 12.3. The third-order valence-electron chi connectivity index (χ3n) is 3.63. The lowest BCUT2D eigenvalue weighted by Gasteiger charge is -2.07. The van der Waals surface area contributed by atoms with Gasteiger partial charge in [0.2, 0.25) is 0 Å². The van der Waals surface area contributed by atoms with E-state index in [0.29, 0.717) is 18.7 Å². The van der Waals surface area contributed by atoms with Crippen LogP contribution in [0.5, 0.6) is 0 Å². The highest BCUT2D eigenvalue weighted by Gasteiger charge is 2.05. The normalized spacial score (nSPS) is 10.8. The van der Waals surface area contributed by atoms with Crippen LogP contribution in [0.15, 0.2) is 42.7 Å². The van der Waals surface area contributed by atoms with Gasteiger partial charge in [0.05, 0.1) is 24.1 Å². The minimum atomic E-state index is -0.401. The van der Waals surface area contributed by atoms with E-state index in [4.69, 9.17) is 10.4 Å². The fourth-order valence-electron chi connectivity index (χ4n) is 2.42. The van der Waals surface area contributed by atoms with Crippen molar-refractivity contribution in [3.63, 3.8) is 0 Å². The first kappa shape index (κ1) is 15.2. The van der Waals surface area contributed by atoms with Gasteiger partial charge in [-0.2, -0.15) is 5.26 Å². The van der Waals surface area contributed by atoms with Crippen molar-refractivity contribution in [2.75, 3.05) is 0 Å². The number of aliphatic hydroxyl groups is 1. The lowest BCUT2D eigenvalue weighted by atomic mass is 10.1. The molecule has 3 aromatic rings. The van der Waals surface area contributed by atoms with Crippen LogP contribution < -0.4 is 5.32 Å². The minimum absolute atomic E-state index is 0.290. The van der Waals surface area contributed by atoms with Crippen LogP contribution in [0.25, 0.3) is 5.65 Å². The molecule has 0 amide bonds. The fourth-order valence-corrected chi connectivity index (χ4v) is 2.42. The van der Waals surface area contributed by atoms with Crippen molar-refractivity contribution in [2.24, 2.45) is 0 Å². The first-order chi connectivity index (χ1) is 11.2. The molecule has 116 valence electrons. The van der Waals surface area contributed by atoms with E-state index < -0.39 is 5.82 Å². The van der Waals surface area contributed by atoms with Crippen molar-refractivity contribution in [3.8, 4) is 6.07 Å². The van der Waals surface area contributed by atoms with Crippen molar-refractivity contribution in [1.82, 2.24) is 14.7 Å². The van der Waals surface area contributed by atoms with Gasteiger partial charge in [0.15, 0.2) is 0 Å². The molecule has 0 bridgehead atoms. The molecular formula is C17H15FN4O. The monoisotopic (exact) mass is 310 g/mol. The van der Waals surface area contributed by atoms with Crippen LogP contribution in [-0.2, 0) is 19.7 Å². The summed E-state index contributed by atoms with van der Waals surface area (Å²) in [6.45, 7) is 0.782. The van der Waals surface area contributed by atoms with Gasteiger partial charge in [0.1, 0.15) is 17.5 Å². The SMILES string of the molecule is N#Cc1ccc2ncc(CNCc3ccc(F)c(CO)c3)n2c1. The van der Waals surface area contributed by atoms with Gasteiger partial charge >= 0.3 is 0 Å². The van der Waals surface area contributed by atoms with Crippen molar-refractivity contribution >= 4 is 5.65 Å². The Kier molecular flexibility index (Phi) is 4.33. The molecule has 0 atom stereocenters. The smallest absolute Gasteiger partial charge is 0.137 e. The summed E-state index contributed by atoms with van der Waals surface area (Å²) in [7, 11) is 0. The second-order valence-corrected chi connectivity index (χ2v) is 5.19. The molecule has 5 nitrogen and oxygen atoms in total. The maximum absolute atomic E-state index is 13.3. The molecule has 6 heteroatoms. The number of pyridine rings is 1. The van der Waals surface area contributed by atoms with Crippen LogP contribution in [0.3, 0.4) is 0 Å². The number of halogens is 1. The molecule has 0 unspecified atom stereocenters. The predicted molar refractivity (Wildman–Crippen MR) is 82.8 cm³/mol. The second-order valence-electron chi connectivity index (χ2n) is 5.19. The van der Waals surface area contributed by atoms with Gasteiger partial charge in [0, 0.05) is 24.8 Å². The van der Waals surface area contributed by atoms with Gasteiger partial charge in [-0.25, -0.2) is 9.37 Å². The fraction of sp³-hybridized carbons (Fsp3) is 0.176. The predicted octanol–water partition coefficient (Wildman–Crippen LogP) is 2.13. The Balaban J connectivity index is 1.70. The van der Waals surface area contributed by atoms with Crippen LogP contribution in [0.1, 0.15) is 22.4 Å². The molecule has 0 aliphatic carbocycles. The molecule has 0 radical (unpaired) electrons. The zero-order valence-corrected chi connectivity index (χ0v) is 12.3. The number of fused-ring (bicyclic) bond motifs is 1. The summed E-state index contributed by atoms with van der Waals surface area (Å²) < 4.78 is 15.2. The Bertz CT molecular complexity index is 882. The molecule has 0 saturated carbocycles. The topological polar surface area (TPSA) is 73.3 Å². The van der Waals surface area contributed by atoms with Gasteiger partial charge in [0.25, 0.3) is 0 Å². The largest absolute Gasteiger partial charge is 0.392 e. The number of nitriles is 1. The molecule has 0 aliphatic heterocycles. The molecule has 2 heterocycles. The number of nitrogens with zero attached hydrogens (tertiary/aromatic N) is 3. The maximum Gasteiger partial charge on any atom is 0.137 e. The first-order valence-electron chi connectivity index (χ1n) is 7.16. The first-order valence-corrected chi connectivity index (χ1v) is 7.16. The molecule has 0 aliphatic rings. The Labute approximate surface area is 132 Å². The number of aliphatic hydroxyl groups excluding tert-OH is 1. The number of benzene rings is 1. The van der Waals surface area contributed by atoms with E-state index in [1.807, 2.05) is 4.40 Å². The molecule has 1 aromatic carbocycles. The van der Waals surface area contributed by atoms with Crippen molar-refractivity contribution < 1.29 is 9.50 Å². The molecule has 0 fully saturated rings. The quantitative estimate of drug-likeness (QED) is 0.757. The summed E-state index contributed by atoms with van der Waals surface area (Å²) in [6, 6.07) is 10.3. The number of imidazole rings is 1. The number of nitrogens with one attached hydrogen (secondary N) is 1. The summed E-state index contributed by atoms with van der Waals surface area (Å²) in [5.74, 6) is -0.401. The lowest BCUT2D eigenvalue weighted by Crippen LogP contribution is -2.14. The van der Waals surface area contributed by atoms with E-state index in [1.165, 1.54) is 6.07 Å². The highest BCUT2D eigenvalue weighted by atomic mass is 19.1. The Morgan fingerprint density at radius 1 is 1.26 bits per heavy atom. The van der Waals surface area contributed by atoms with Gasteiger partial charge in [-0.1, -0.05) is 6.07 Å². The van der Waals surface area contributed by atoms with E-state index in [2.05, 4.69) is 16.4 Å². The standard InChI is InChI=1S/C17H15FN4O/c18-16-3-1-12(5-14(16)11-23)7-20-8-15-9-21-17-4-2-13(6-19)10-22(15)17/h1-5,9-10,20,23H,7-8,11H2. The summed E-state index contributed by atoms with van der Waals surface area (Å²) in [5.41, 5.74) is 3.47. The number of rotatable bonds is 5. The molecule has 0 spiro atoms. The number of hydrogen-bond acceptors (Lipinski definition) is 4.